The van der Waals surface area contributed by atoms with Crippen molar-refractivity contribution in [2.24, 2.45) is 17.8 Å². The van der Waals surface area contributed by atoms with E-state index in [1.165, 1.54) is 213 Å². The Balaban J connectivity index is 2.23. The number of nitrogens with zero attached hydrogens (tertiary/aromatic N) is 2. The highest BCUT2D eigenvalue weighted by Gasteiger charge is 2.15. The van der Waals surface area contributed by atoms with Gasteiger partial charge in [-0.1, -0.05) is 207 Å². The fourth-order valence-electron chi connectivity index (χ4n) is 9.62. The quantitative estimate of drug-likeness (QED) is 0.0445. The summed E-state index contributed by atoms with van der Waals surface area (Å²) in [5.74, 6) is 2.16. The summed E-state index contributed by atoms with van der Waals surface area (Å²) in [6.07, 6.45) is 44.9. The second kappa shape index (κ2) is 46.0. The summed E-state index contributed by atoms with van der Waals surface area (Å²) in [6, 6.07) is 0. The average molecular weight is 892 g/mol. The van der Waals surface area contributed by atoms with Gasteiger partial charge in [0.1, 0.15) is 0 Å². The molecule has 1 heterocycles. The summed E-state index contributed by atoms with van der Waals surface area (Å²) >= 11 is 0. The van der Waals surface area contributed by atoms with Gasteiger partial charge in [-0.2, -0.15) is 0 Å². The number of rotatable bonds is 48. The van der Waals surface area contributed by atoms with E-state index in [1.807, 2.05) is 0 Å². The van der Waals surface area contributed by atoms with Gasteiger partial charge in [0.25, 0.3) is 0 Å². The van der Waals surface area contributed by atoms with E-state index in [-0.39, 0.29) is 11.9 Å². The van der Waals surface area contributed by atoms with Gasteiger partial charge in [-0.15, -0.1) is 0 Å². The molecule has 1 aliphatic rings. The van der Waals surface area contributed by atoms with Crippen LogP contribution in [-0.4, -0.2) is 87.9 Å². The van der Waals surface area contributed by atoms with Crippen molar-refractivity contribution in [1.82, 2.24) is 9.80 Å². The van der Waals surface area contributed by atoms with Crippen LogP contribution in [0, 0.1) is 17.8 Å². The van der Waals surface area contributed by atoms with Crippen LogP contribution in [0.1, 0.15) is 265 Å². The maximum atomic E-state index is 12.4. The summed E-state index contributed by atoms with van der Waals surface area (Å²) < 4.78 is 17.7. The Hall–Kier alpha value is -1.18. The summed E-state index contributed by atoms with van der Waals surface area (Å²) in [5.41, 5.74) is 0. The highest BCUT2D eigenvalue weighted by Crippen LogP contribution is 2.24. The van der Waals surface area contributed by atoms with E-state index in [9.17, 15) is 9.59 Å². The lowest BCUT2D eigenvalue weighted by atomic mass is 9.92. The first-order valence-corrected chi connectivity index (χ1v) is 28.2. The molecule has 0 atom stereocenters. The minimum atomic E-state index is 0.0158. The lowest BCUT2D eigenvalue weighted by Gasteiger charge is -2.32. The highest BCUT2D eigenvalue weighted by molar-refractivity contribution is 5.69. The molecular formula is C56H110N2O5. The molecule has 1 fully saturated rings. The van der Waals surface area contributed by atoms with Gasteiger partial charge in [0.2, 0.25) is 0 Å². The number of carbonyl (C=O) groups is 2. The Morgan fingerprint density at radius 2 is 0.746 bits per heavy atom. The zero-order valence-electron chi connectivity index (χ0n) is 43.2. The van der Waals surface area contributed by atoms with Crippen LogP contribution in [0.2, 0.25) is 0 Å². The first kappa shape index (κ1) is 59.8. The molecule has 1 aliphatic heterocycles. The third-order valence-electron chi connectivity index (χ3n) is 14.1. The third kappa shape index (κ3) is 39.7. The molecule has 0 saturated carbocycles. The van der Waals surface area contributed by atoms with Crippen molar-refractivity contribution >= 4 is 11.9 Å². The molecule has 0 radical (unpaired) electrons. The van der Waals surface area contributed by atoms with E-state index in [0.717, 1.165) is 70.0 Å². The molecule has 1 rings (SSSR count). The van der Waals surface area contributed by atoms with E-state index in [0.29, 0.717) is 32.0 Å². The summed E-state index contributed by atoms with van der Waals surface area (Å²) in [6.45, 7) is 18.1. The second-order valence-electron chi connectivity index (χ2n) is 20.2. The smallest absolute Gasteiger partial charge is 0.305 e. The molecule has 0 amide bonds. The molecule has 7 nitrogen and oxygen atoms in total. The summed E-state index contributed by atoms with van der Waals surface area (Å²) in [7, 11) is 2.23. The predicted molar refractivity (Wildman–Crippen MR) is 271 cm³/mol. The van der Waals surface area contributed by atoms with E-state index in [2.05, 4.69) is 44.5 Å². The molecule has 1 saturated heterocycles. The van der Waals surface area contributed by atoms with Gasteiger partial charge in [-0.3, -0.25) is 9.59 Å². The Labute approximate surface area is 393 Å². The van der Waals surface area contributed by atoms with Gasteiger partial charge in [-0.05, 0) is 69.7 Å². The Kier molecular flexibility index (Phi) is 43.6. The maximum absolute atomic E-state index is 12.4. The predicted octanol–water partition coefficient (Wildman–Crippen LogP) is 15.7. The van der Waals surface area contributed by atoms with Crippen molar-refractivity contribution in [1.29, 1.82) is 0 Å². The summed E-state index contributed by atoms with van der Waals surface area (Å²) in [5, 5.41) is 0. The minimum absolute atomic E-state index is 0.0158. The van der Waals surface area contributed by atoms with Gasteiger partial charge in [0.15, 0.2) is 0 Å². The van der Waals surface area contributed by atoms with Gasteiger partial charge >= 0.3 is 11.9 Å². The van der Waals surface area contributed by atoms with Gasteiger partial charge in [-0.25, -0.2) is 0 Å². The fourth-order valence-corrected chi connectivity index (χ4v) is 9.62. The monoisotopic (exact) mass is 891 g/mol. The Bertz CT molecular complexity index is 891. The molecule has 0 aliphatic carbocycles. The van der Waals surface area contributed by atoms with Gasteiger partial charge in [0.05, 0.1) is 13.2 Å². The molecule has 7 heteroatoms. The largest absolute Gasteiger partial charge is 0.466 e. The molecule has 0 unspecified atom stereocenters. The first-order chi connectivity index (χ1) is 30.9. The number of unbranched alkanes of at least 4 members (excludes halogenated alkanes) is 20. The van der Waals surface area contributed by atoms with Crippen LogP contribution in [0.25, 0.3) is 0 Å². The van der Waals surface area contributed by atoms with Gasteiger partial charge < -0.3 is 24.0 Å². The number of carbonyl (C=O) groups excluding carboxylic acids is 2. The van der Waals surface area contributed by atoms with Crippen molar-refractivity contribution < 1.29 is 23.8 Å². The standard InChI is InChI=1S/C56H110N2O5/c1-6-10-24-33-52(34-25-11-7-2)41-49-62-55(59)39-30-22-18-14-16-20-28-37-54(51-61-48-32-43-58-46-44-57(5)45-47-58)38-29-21-17-15-19-23-31-40-56(60)63-50-42-53(35-26-12-8-3)36-27-13-9-4/h52-54H,6-51H2,1-5H3. The zero-order valence-corrected chi connectivity index (χ0v) is 43.2. The van der Waals surface area contributed by atoms with E-state index in [1.54, 1.807) is 0 Å². The Morgan fingerprint density at radius 1 is 0.397 bits per heavy atom. The van der Waals surface area contributed by atoms with Crippen LogP contribution in [0.5, 0.6) is 0 Å². The lowest BCUT2D eigenvalue weighted by molar-refractivity contribution is -0.145. The van der Waals surface area contributed by atoms with Crippen LogP contribution in [0.4, 0.5) is 0 Å². The number of hydrogen-bond acceptors (Lipinski definition) is 7. The van der Waals surface area contributed by atoms with Crippen LogP contribution >= 0.6 is 0 Å². The fraction of sp³-hybridized carbons (Fsp3) is 0.964. The molecule has 0 N–H and O–H groups in total. The first-order valence-electron chi connectivity index (χ1n) is 28.2. The Morgan fingerprint density at radius 3 is 1.14 bits per heavy atom. The molecule has 0 spiro atoms. The van der Waals surface area contributed by atoms with E-state index >= 15 is 0 Å². The average Bonchev–Trinajstić information content (AvgIpc) is 3.28. The normalized spacial score (nSPS) is 13.8. The minimum Gasteiger partial charge on any atom is -0.466 e. The van der Waals surface area contributed by atoms with Crippen molar-refractivity contribution in [2.45, 2.75) is 265 Å². The number of piperazine rings is 1. The van der Waals surface area contributed by atoms with Crippen LogP contribution in [0.3, 0.4) is 0 Å². The van der Waals surface area contributed by atoms with Crippen molar-refractivity contribution in [3.8, 4) is 0 Å². The number of likely N-dealkylation sites (N-methyl/N-ethyl adjacent to an activating group) is 1. The molecule has 0 aromatic heterocycles. The number of ether oxygens (including phenoxy) is 3. The van der Waals surface area contributed by atoms with Crippen molar-refractivity contribution in [3.63, 3.8) is 0 Å². The van der Waals surface area contributed by atoms with E-state index < -0.39 is 0 Å². The molecular weight excluding hydrogens is 781 g/mol. The molecule has 0 aromatic carbocycles. The molecule has 0 aromatic rings. The SMILES string of the molecule is CCCCCC(CCCCC)CCOC(=O)CCCCCCCCCC(CCCCCCCCCC(=O)OCCC(CCCCC)CCCCC)COCCCN1CCN(C)CC1. The molecule has 374 valence electrons. The van der Waals surface area contributed by atoms with Gasteiger partial charge in [0, 0.05) is 58.8 Å². The zero-order chi connectivity index (χ0) is 45.7. The topological polar surface area (TPSA) is 68.3 Å². The van der Waals surface area contributed by atoms with Crippen LogP contribution < -0.4 is 0 Å². The van der Waals surface area contributed by atoms with Crippen LogP contribution in [-0.2, 0) is 23.8 Å². The lowest BCUT2D eigenvalue weighted by Crippen LogP contribution is -2.44. The molecule has 0 bridgehead atoms. The van der Waals surface area contributed by atoms with E-state index in [4.69, 9.17) is 14.2 Å². The molecule has 63 heavy (non-hydrogen) atoms. The summed E-state index contributed by atoms with van der Waals surface area (Å²) in [4.78, 5) is 29.8. The third-order valence-corrected chi connectivity index (χ3v) is 14.1. The maximum Gasteiger partial charge on any atom is 0.305 e. The highest BCUT2D eigenvalue weighted by atomic mass is 16.5. The second-order valence-corrected chi connectivity index (χ2v) is 20.2. The number of hydrogen-bond donors (Lipinski definition) is 0. The van der Waals surface area contributed by atoms with Crippen molar-refractivity contribution in [2.75, 3.05) is 66.2 Å². The van der Waals surface area contributed by atoms with Crippen LogP contribution in [0.15, 0.2) is 0 Å². The number of esters is 2. The van der Waals surface area contributed by atoms with Crippen molar-refractivity contribution in [3.05, 3.63) is 0 Å².